The summed E-state index contributed by atoms with van der Waals surface area (Å²) in [5, 5.41) is 22.1. The number of unbranched alkanes of at least 4 members (excludes halogenated alkanes) is 6. The Kier molecular flexibility index (Phi) is 5.91. The van der Waals surface area contributed by atoms with Gasteiger partial charge in [0.15, 0.2) is 0 Å². The molecule has 0 amide bonds. The fourth-order valence-electron chi connectivity index (χ4n) is 2.00. The predicted octanol–water partition coefficient (Wildman–Crippen LogP) is 1.09. The third-order valence-electron chi connectivity index (χ3n) is 3.06. The molecule has 0 N–H and O–H groups in total. The van der Waals surface area contributed by atoms with Gasteiger partial charge in [0.05, 0.1) is 0 Å². The van der Waals surface area contributed by atoms with E-state index in [9.17, 15) is 0 Å². The van der Waals surface area contributed by atoms with Gasteiger partial charge in [-0.25, -0.2) is 9.36 Å². The van der Waals surface area contributed by atoms with Crippen molar-refractivity contribution in [1.29, 1.82) is 0 Å². The van der Waals surface area contributed by atoms with Gasteiger partial charge in [-0.05, 0) is 33.7 Å². The maximum absolute atomic E-state index is 3.84. The van der Waals surface area contributed by atoms with E-state index >= 15 is 0 Å². The highest BCUT2D eigenvalue weighted by molar-refractivity contribution is 4.51. The molecule has 0 aromatic carbocycles. The van der Waals surface area contributed by atoms with E-state index in [1.54, 1.807) is 22.0 Å². The number of aryl methyl sites for hydroxylation is 2. The van der Waals surface area contributed by atoms with Crippen LogP contribution in [-0.4, -0.2) is 40.4 Å². The van der Waals surface area contributed by atoms with Crippen LogP contribution in [0.25, 0.3) is 0 Å². The molecule has 2 heterocycles. The average molecular weight is 264 g/mol. The van der Waals surface area contributed by atoms with Crippen LogP contribution in [0.15, 0.2) is 12.7 Å². The van der Waals surface area contributed by atoms with Gasteiger partial charge in [-0.2, -0.15) is 0 Å². The summed E-state index contributed by atoms with van der Waals surface area (Å²) in [6.45, 7) is 1.85. The van der Waals surface area contributed by atoms with Gasteiger partial charge >= 0.3 is 0 Å². The van der Waals surface area contributed by atoms with Crippen molar-refractivity contribution in [2.75, 3.05) is 0 Å². The SMILES string of the molecule is c1nnnn1CCCCCCCCCn1cnnn1. The quantitative estimate of drug-likeness (QED) is 0.597. The minimum Gasteiger partial charge on any atom is -0.233 e. The Bertz CT molecular complexity index is 370. The number of hydrogen-bond donors (Lipinski definition) is 0. The van der Waals surface area contributed by atoms with Crippen LogP contribution in [0, 0.1) is 0 Å². The first-order chi connectivity index (χ1) is 9.45. The molecule has 0 atom stereocenters. The Morgan fingerprint density at radius 2 is 1.00 bits per heavy atom. The lowest BCUT2D eigenvalue weighted by Gasteiger charge is -2.02. The lowest BCUT2D eigenvalue weighted by Crippen LogP contribution is -1.99. The first-order valence-corrected chi connectivity index (χ1v) is 6.87. The van der Waals surface area contributed by atoms with Gasteiger partial charge in [-0.3, -0.25) is 0 Å². The number of rotatable bonds is 10. The molecule has 0 fully saturated rings. The van der Waals surface area contributed by atoms with Crippen LogP contribution in [0.4, 0.5) is 0 Å². The molecule has 2 aromatic rings. The molecule has 104 valence electrons. The Hall–Kier alpha value is -1.86. The molecule has 2 aromatic heterocycles. The fraction of sp³-hybridized carbons (Fsp3) is 0.818. The summed E-state index contributed by atoms with van der Waals surface area (Å²) >= 11 is 0. The van der Waals surface area contributed by atoms with Crippen LogP contribution in [-0.2, 0) is 13.1 Å². The molecule has 0 aliphatic heterocycles. The molecule has 0 unspecified atom stereocenters. The minimum absolute atomic E-state index is 0.923. The molecule has 8 heteroatoms. The molecule has 0 aliphatic rings. The number of hydrogen-bond acceptors (Lipinski definition) is 6. The number of aromatic nitrogens is 8. The topological polar surface area (TPSA) is 87.2 Å². The van der Waals surface area contributed by atoms with E-state index in [1.807, 2.05) is 0 Å². The first kappa shape index (κ1) is 13.6. The van der Waals surface area contributed by atoms with E-state index in [-0.39, 0.29) is 0 Å². The van der Waals surface area contributed by atoms with Crippen LogP contribution >= 0.6 is 0 Å². The van der Waals surface area contributed by atoms with Gasteiger partial charge in [-0.15, -0.1) is 10.2 Å². The van der Waals surface area contributed by atoms with Gasteiger partial charge in [0.1, 0.15) is 12.7 Å². The van der Waals surface area contributed by atoms with Crippen molar-refractivity contribution in [2.45, 2.75) is 58.0 Å². The fourth-order valence-corrected chi connectivity index (χ4v) is 2.00. The molecular formula is C11H20N8. The van der Waals surface area contributed by atoms with Crippen molar-refractivity contribution in [2.24, 2.45) is 0 Å². The van der Waals surface area contributed by atoms with Crippen molar-refractivity contribution in [3.8, 4) is 0 Å². The molecule has 2 rings (SSSR count). The molecule has 0 aliphatic carbocycles. The zero-order chi connectivity index (χ0) is 13.2. The minimum atomic E-state index is 0.923. The zero-order valence-electron chi connectivity index (χ0n) is 11.1. The third kappa shape index (κ3) is 5.54. The van der Waals surface area contributed by atoms with E-state index in [2.05, 4.69) is 31.1 Å². The summed E-state index contributed by atoms with van der Waals surface area (Å²) < 4.78 is 3.57. The lowest BCUT2D eigenvalue weighted by molar-refractivity contribution is 0.494. The van der Waals surface area contributed by atoms with Crippen molar-refractivity contribution >= 4 is 0 Å². The van der Waals surface area contributed by atoms with E-state index < -0.39 is 0 Å². The normalized spacial score (nSPS) is 10.9. The summed E-state index contributed by atoms with van der Waals surface area (Å²) in [6.07, 6.45) is 12.0. The molecule has 0 spiro atoms. The second kappa shape index (κ2) is 8.28. The van der Waals surface area contributed by atoms with E-state index in [1.165, 1.54) is 32.1 Å². The summed E-state index contributed by atoms with van der Waals surface area (Å²) in [7, 11) is 0. The average Bonchev–Trinajstić information content (AvgIpc) is 3.10. The highest BCUT2D eigenvalue weighted by Crippen LogP contribution is 2.08. The number of tetrazole rings is 2. The molecule has 0 radical (unpaired) electrons. The largest absolute Gasteiger partial charge is 0.233 e. The predicted molar refractivity (Wildman–Crippen MR) is 68.0 cm³/mol. The highest BCUT2D eigenvalue weighted by atomic mass is 15.5. The Morgan fingerprint density at radius 3 is 1.37 bits per heavy atom. The summed E-state index contributed by atoms with van der Waals surface area (Å²) in [5.74, 6) is 0. The molecule has 0 saturated carbocycles. The third-order valence-corrected chi connectivity index (χ3v) is 3.06. The van der Waals surface area contributed by atoms with Gasteiger partial charge < -0.3 is 0 Å². The van der Waals surface area contributed by atoms with Crippen LogP contribution in [0.5, 0.6) is 0 Å². The van der Waals surface area contributed by atoms with Crippen LogP contribution in [0.3, 0.4) is 0 Å². The standard InChI is InChI=1S/C11H20N8/c1(2-4-6-8-18-10-12-14-16-18)3-5-7-9-19-11-13-15-17-19/h10-11H,1-9H2. The van der Waals surface area contributed by atoms with E-state index in [0.717, 1.165) is 25.9 Å². The van der Waals surface area contributed by atoms with Crippen molar-refractivity contribution in [3.63, 3.8) is 0 Å². The summed E-state index contributed by atoms with van der Waals surface area (Å²) in [5.41, 5.74) is 0. The maximum Gasteiger partial charge on any atom is 0.138 e. The van der Waals surface area contributed by atoms with Gasteiger partial charge in [0.2, 0.25) is 0 Å². The molecule has 8 nitrogen and oxygen atoms in total. The second-order valence-corrected chi connectivity index (χ2v) is 4.62. The van der Waals surface area contributed by atoms with Crippen LogP contribution in [0.1, 0.15) is 44.9 Å². The number of nitrogens with zero attached hydrogens (tertiary/aromatic N) is 8. The summed E-state index contributed by atoms with van der Waals surface area (Å²) in [4.78, 5) is 0. The van der Waals surface area contributed by atoms with Gasteiger partial charge in [0, 0.05) is 13.1 Å². The Labute approximate surface area is 112 Å². The Morgan fingerprint density at radius 1 is 0.579 bits per heavy atom. The van der Waals surface area contributed by atoms with Crippen molar-refractivity contribution < 1.29 is 0 Å². The van der Waals surface area contributed by atoms with Crippen LogP contribution in [0.2, 0.25) is 0 Å². The smallest absolute Gasteiger partial charge is 0.138 e. The zero-order valence-corrected chi connectivity index (χ0v) is 11.1. The highest BCUT2D eigenvalue weighted by Gasteiger charge is 1.95. The van der Waals surface area contributed by atoms with Gasteiger partial charge in [0.25, 0.3) is 0 Å². The maximum atomic E-state index is 3.84. The van der Waals surface area contributed by atoms with Crippen molar-refractivity contribution in [1.82, 2.24) is 40.4 Å². The lowest BCUT2D eigenvalue weighted by atomic mass is 10.1. The molecule has 0 saturated heterocycles. The monoisotopic (exact) mass is 264 g/mol. The molecule has 19 heavy (non-hydrogen) atoms. The first-order valence-electron chi connectivity index (χ1n) is 6.87. The molecular weight excluding hydrogens is 244 g/mol. The second-order valence-electron chi connectivity index (χ2n) is 4.62. The van der Waals surface area contributed by atoms with E-state index in [4.69, 9.17) is 0 Å². The van der Waals surface area contributed by atoms with Crippen molar-refractivity contribution in [3.05, 3.63) is 12.7 Å². The molecule has 0 bridgehead atoms. The Balaban J connectivity index is 1.36. The van der Waals surface area contributed by atoms with Gasteiger partial charge in [-0.1, -0.05) is 32.1 Å². The van der Waals surface area contributed by atoms with Crippen LogP contribution < -0.4 is 0 Å². The van der Waals surface area contributed by atoms with E-state index in [0.29, 0.717) is 0 Å². The summed E-state index contributed by atoms with van der Waals surface area (Å²) in [6, 6.07) is 0.